The van der Waals surface area contributed by atoms with E-state index in [9.17, 15) is 19.7 Å². The van der Waals surface area contributed by atoms with Gasteiger partial charge in [0, 0.05) is 24.4 Å². The first-order chi connectivity index (χ1) is 22.8. The quantitative estimate of drug-likeness (QED) is 0.114. The molecule has 1 unspecified atom stereocenters. The van der Waals surface area contributed by atoms with Gasteiger partial charge in [0.2, 0.25) is 0 Å². The fourth-order valence-corrected chi connectivity index (χ4v) is 5.59. The number of nitrogens with zero attached hydrogens (tertiary/aromatic N) is 4. The lowest BCUT2D eigenvalue weighted by Crippen LogP contribution is -2.42. The van der Waals surface area contributed by atoms with Crippen LogP contribution in [0, 0.1) is 10.1 Å². The lowest BCUT2D eigenvalue weighted by atomic mass is 10.1. The number of benzene rings is 4. The minimum absolute atomic E-state index is 0.0850. The minimum Gasteiger partial charge on any atom is -0.493 e. The number of urea groups is 1. The van der Waals surface area contributed by atoms with Gasteiger partial charge >= 0.3 is 6.03 Å². The number of nitro groups is 1. The molecule has 2 amide bonds. The summed E-state index contributed by atoms with van der Waals surface area (Å²) >= 11 is 0. The molecule has 1 aromatic heterocycles. The zero-order chi connectivity index (χ0) is 33.5. The Morgan fingerprint density at radius 1 is 0.936 bits per heavy atom. The van der Waals surface area contributed by atoms with E-state index in [-0.39, 0.29) is 17.8 Å². The monoisotopic (exact) mass is 635 g/mol. The lowest BCUT2D eigenvalue weighted by Gasteiger charge is -2.32. The molecular weight excluding hydrogens is 598 g/mol. The van der Waals surface area contributed by atoms with Gasteiger partial charge in [-0.3, -0.25) is 19.5 Å². The predicted molar refractivity (Wildman–Crippen MR) is 182 cm³/mol. The first-order valence-electron chi connectivity index (χ1n) is 15.4. The molecule has 5 rings (SSSR count). The molecule has 0 saturated carbocycles. The van der Waals surface area contributed by atoms with Gasteiger partial charge in [0.05, 0.1) is 41.8 Å². The Hall–Kier alpha value is -5.71. The Kier molecular flexibility index (Phi) is 10.1. The molecule has 0 radical (unpaired) electrons. The Bertz CT molecular complexity index is 1940. The summed E-state index contributed by atoms with van der Waals surface area (Å²) in [5, 5.41) is 14.6. The van der Waals surface area contributed by atoms with Crippen molar-refractivity contribution in [1.82, 2.24) is 14.5 Å². The maximum atomic E-state index is 14.2. The second-order valence-electron chi connectivity index (χ2n) is 10.9. The van der Waals surface area contributed by atoms with Crippen LogP contribution in [0.15, 0.2) is 95.8 Å². The minimum atomic E-state index is -0.628. The number of aromatic nitrogens is 2. The van der Waals surface area contributed by atoms with Crippen molar-refractivity contribution in [3.8, 4) is 17.2 Å². The second kappa shape index (κ2) is 14.6. The van der Waals surface area contributed by atoms with Crippen molar-refractivity contribution >= 4 is 28.3 Å². The zero-order valence-corrected chi connectivity index (χ0v) is 26.8. The van der Waals surface area contributed by atoms with E-state index >= 15 is 0 Å². The highest BCUT2D eigenvalue weighted by Gasteiger charge is 2.29. The number of amides is 2. The fourth-order valence-electron chi connectivity index (χ4n) is 5.59. The average Bonchev–Trinajstić information content (AvgIpc) is 3.10. The van der Waals surface area contributed by atoms with E-state index in [0.717, 1.165) is 17.5 Å². The van der Waals surface area contributed by atoms with Crippen LogP contribution in [0.1, 0.15) is 43.3 Å². The molecule has 0 fully saturated rings. The second-order valence-corrected chi connectivity index (χ2v) is 10.9. The van der Waals surface area contributed by atoms with Crippen LogP contribution >= 0.6 is 0 Å². The highest BCUT2D eigenvalue weighted by atomic mass is 16.6. The van der Waals surface area contributed by atoms with Gasteiger partial charge in [-0.1, -0.05) is 44.2 Å². The first kappa shape index (κ1) is 32.7. The maximum absolute atomic E-state index is 14.2. The molecule has 1 heterocycles. The standard InChI is InChI=1S/C36H37N5O6/c1-5-24-11-16-27(17-12-24)40-34(38-30-10-8-7-9-29(30)35(40)42)31(6-2)39(22-21-25-13-20-32(46-3)33(23-25)47-4)36(43)37-26-14-18-28(19-15-26)41(44)45/h7-20,23,31H,5-6,21-22H2,1-4H3,(H,37,43). The number of hydrogen-bond donors (Lipinski definition) is 1. The third-order valence-electron chi connectivity index (χ3n) is 8.14. The summed E-state index contributed by atoms with van der Waals surface area (Å²) in [4.78, 5) is 45.6. The number of carbonyl (C=O) groups is 1. The van der Waals surface area contributed by atoms with Crippen molar-refractivity contribution < 1.29 is 19.2 Å². The van der Waals surface area contributed by atoms with Crippen molar-refractivity contribution in [3.05, 3.63) is 128 Å². The Morgan fingerprint density at radius 3 is 2.26 bits per heavy atom. The SMILES string of the molecule is CCc1ccc(-n2c(C(CC)N(CCc3ccc(OC)c(OC)c3)C(=O)Nc3ccc([N+](=O)[O-])cc3)nc3ccccc3c2=O)cc1. The topological polar surface area (TPSA) is 129 Å². The number of rotatable bonds is 12. The number of fused-ring (bicyclic) bond motifs is 1. The molecule has 0 aliphatic heterocycles. The van der Waals surface area contributed by atoms with E-state index in [2.05, 4.69) is 12.2 Å². The van der Waals surface area contributed by atoms with Gasteiger partial charge in [-0.05, 0) is 78.9 Å². The molecular formula is C36H37N5O6. The fraction of sp³-hybridized carbons (Fsp3) is 0.250. The number of nitro benzene ring substituents is 1. The summed E-state index contributed by atoms with van der Waals surface area (Å²) in [6, 6.07) is 25.1. The van der Waals surface area contributed by atoms with Crippen LogP contribution in [0.25, 0.3) is 16.6 Å². The number of aryl methyl sites for hydroxylation is 1. The average molecular weight is 636 g/mol. The van der Waals surface area contributed by atoms with Crippen LogP contribution in [0.4, 0.5) is 16.2 Å². The lowest BCUT2D eigenvalue weighted by molar-refractivity contribution is -0.384. The maximum Gasteiger partial charge on any atom is 0.322 e. The number of hydrogen-bond acceptors (Lipinski definition) is 7. The summed E-state index contributed by atoms with van der Waals surface area (Å²) < 4.78 is 12.5. The van der Waals surface area contributed by atoms with E-state index in [1.165, 1.54) is 24.3 Å². The van der Waals surface area contributed by atoms with Crippen molar-refractivity contribution in [2.24, 2.45) is 0 Å². The van der Waals surface area contributed by atoms with E-state index in [4.69, 9.17) is 14.5 Å². The van der Waals surface area contributed by atoms with Crippen molar-refractivity contribution in [2.75, 3.05) is 26.1 Å². The molecule has 11 nitrogen and oxygen atoms in total. The molecule has 0 aliphatic rings. The van der Waals surface area contributed by atoms with Gasteiger partial charge in [-0.15, -0.1) is 0 Å². The molecule has 1 atom stereocenters. The van der Waals surface area contributed by atoms with E-state index < -0.39 is 17.0 Å². The van der Waals surface area contributed by atoms with Gasteiger partial charge in [-0.25, -0.2) is 9.78 Å². The van der Waals surface area contributed by atoms with Gasteiger partial charge in [0.25, 0.3) is 11.2 Å². The molecule has 0 saturated heterocycles. The summed E-state index contributed by atoms with van der Waals surface area (Å²) in [5.41, 5.74) is 3.29. The van der Waals surface area contributed by atoms with E-state index in [0.29, 0.717) is 52.4 Å². The molecule has 242 valence electrons. The smallest absolute Gasteiger partial charge is 0.322 e. The summed E-state index contributed by atoms with van der Waals surface area (Å²) in [6.45, 7) is 4.26. The third kappa shape index (κ3) is 7.09. The Balaban J connectivity index is 1.61. The van der Waals surface area contributed by atoms with Crippen LogP contribution in [-0.4, -0.2) is 46.2 Å². The van der Waals surface area contributed by atoms with Crippen molar-refractivity contribution in [1.29, 1.82) is 0 Å². The summed E-state index contributed by atoms with van der Waals surface area (Å²) in [5.74, 6) is 1.58. The normalized spacial score (nSPS) is 11.6. The first-order valence-corrected chi connectivity index (χ1v) is 15.4. The van der Waals surface area contributed by atoms with Crippen molar-refractivity contribution in [2.45, 2.75) is 39.2 Å². The van der Waals surface area contributed by atoms with Crippen LogP contribution in [0.3, 0.4) is 0 Å². The van der Waals surface area contributed by atoms with Gasteiger partial charge < -0.3 is 19.7 Å². The van der Waals surface area contributed by atoms with Crippen LogP contribution in [-0.2, 0) is 12.8 Å². The molecule has 11 heteroatoms. The van der Waals surface area contributed by atoms with Gasteiger partial charge in [0.15, 0.2) is 11.5 Å². The highest BCUT2D eigenvalue weighted by Crippen LogP contribution is 2.30. The molecule has 4 aromatic carbocycles. The molecule has 5 aromatic rings. The number of nitrogens with one attached hydrogen (secondary N) is 1. The molecule has 0 bridgehead atoms. The summed E-state index contributed by atoms with van der Waals surface area (Å²) in [6.07, 6.45) is 1.74. The van der Waals surface area contributed by atoms with Crippen molar-refractivity contribution in [3.63, 3.8) is 0 Å². The van der Waals surface area contributed by atoms with E-state index in [1.54, 1.807) is 41.9 Å². The third-order valence-corrected chi connectivity index (χ3v) is 8.14. The predicted octanol–water partition coefficient (Wildman–Crippen LogP) is 7.10. The zero-order valence-electron chi connectivity index (χ0n) is 26.8. The summed E-state index contributed by atoms with van der Waals surface area (Å²) in [7, 11) is 3.13. The highest BCUT2D eigenvalue weighted by molar-refractivity contribution is 5.90. The van der Waals surface area contributed by atoms with Crippen LogP contribution < -0.4 is 20.3 Å². The van der Waals surface area contributed by atoms with Crippen LogP contribution in [0.2, 0.25) is 0 Å². The van der Waals surface area contributed by atoms with Gasteiger partial charge in [0.1, 0.15) is 5.82 Å². The number of non-ortho nitro benzene ring substituents is 1. The largest absolute Gasteiger partial charge is 0.493 e. The molecule has 1 N–H and O–H groups in total. The number of anilines is 1. The van der Waals surface area contributed by atoms with Crippen LogP contribution in [0.5, 0.6) is 11.5 Å². The number of para-hydroxylation sites is 1. The van der Waals surface area contributed by atoms with Gasteiger partial charge in [-0.2, -0.15) is 0 Å². The Morgan fingerprint density at radius 2 is 1.62 bits per heavy atom. The number of carbonyl (C=O) groups excluding carboxylic acids is 1. The number of ether oxygens (including phenoxy) is 2. The number of methoxy groups -OCH3 is 2. The van der Waals surface area contributed by atoms with E-state index in [1.807, 2.05) is 55.5 Å². The molecule has 47 heavy (non-hydrogen) atoms. The molecule has 0 aliphatic carbocycles. The molecule has 0 spiro atoms. The Labute approximate surface area is 272 Å².